The van der Waals surface area contributed by atoms with Crippen LogP contribution >= 0.6 is 8.69 Å². The highest BCUT2D eigenvalue weighted by Crippen LogP contribution is 1.97. The zero-order valence-electron chi connectivity index (χ0n) is 9.39. The SMILES string of the molecule is Nc1nc(N)nc(N)n1.O=[PH+]O.c1ccccc1. The lowest BCUT2D eigenvalue weighted by Crippen LogP contribution is -2.05. The molecule has 7 N–H and O–H groups in total. The molecule has 1 aromatic carbocycles. The van der Waals surface area contributed by atoms with Crippen molar-refractivity contribution in [2.24, 2.45) is 0 Å². The minimum absolute atomic E-state index is 0.0417. The third kappa shape index (κ3) is 8.96. The van der Waals surface area contributed by atoms with Crippen molar-refractivity contribution >= 4 is 26.5 Å². The van der Waals surface area contributed by atoms with Crippen molar-refractivity contribution in [1.29, 1.82) is 0 Å². The maximum atomic E-state index is 8.51. The highest BCUT2D eigenvalue weighted by atomic mass is 31.1. The lowest BCUT2D eigenvalue weighted by molar-refractivity contribution is 0.524. The highest BCUT2D eigenvalue weighted by molar-refractivity contribution is 7.16. The zero-order chi connectivity index (χ0) is 13.8. The van der Waals surface area contributed by atoms with Crippen LogP contribution < -0.4 is 17.2 Å². The fourth-order valence-corrected chi connectivity index (χ4v) is 0.812. The number of benzene rings is 1. The summed E-state index contributed by atoms with van der Waals surface area (Å²) in [5, 5.41) is 0. The fraction of sp³-hybridized carbons (Fsp3) is 0. The molecule has 2 rings (SSSR count). The minimum atomic E-state index is -1.17. The molecule has 9 heteroatoms. The van der Waals surface area contributed by atoms with Crippen LogP contribution in [0.3, 0.4) is 0 Å². The molecule has 18 heavy (non-hydrogen) atoms. The molecule has 0 radical (unpaired) electrons. The summed E-state index contributed by atoms with van der Waals surface area (Å²) in [5.74, 6) is 0.125. The summed E-state index contributed by atoms with van der Waals surface area (Å²) in [4.78, 5) is 17.5. The maximum Gasteiger partial charge on any atom is 0.491 e. The van der Waals surface area contributed by atoms with Gasteiger partial charge in [0.15, 0.2) is 0 Å². The summed E-state index contributed by atoms with van der Waals surface area (Å²) >= 11 is 0. The first-order valence-corrected chi connectivity index (χ1v) is 5.49. The number of rotatable bonds is 0. The summed E-state index contributed by atoms with van der Waals surface area (Å²) in [6.45, 7) is 0. The van der Waals surface area contributed by atoms with E-state index in [1.54, 1.807) is 0 Å². The molecule has 8 nitrogen and oxygen atoms in total. The van der Waals surface area contributed by atoms with E-state index in [9.17, 15) is 0 Å². The minimum Gasteiger partial charge on any atom is -0.368 e. The van der Waals surface area contributed by atoms with Gasteiger partial charge in [-0.25, -0.2) is 0 Å². The normalized spacial score (nSPS) is 8.50. The van der Waals surface area contributed by atoms with E-state index >= 15 is 0 Å². The van der Waals surface area contributed by atoms with Crippen LogP contribution in [0, 0.1) is 0 Å². The van der Waals surface area contributed by atoms with Crippen LogP contribution in [-0.2, 0) is 4.57 Å². The van der Waals surface area contributed by atoms with Gasteiger partial charge in [0.05, 0.1) is 0 Å². The molecule has 0 aliphatic rings. The molecule has 0 fully saturated rings. The average molecular weight is 269 g/mol. The van der Waals surface area contributed by atoms with E-state index in [2.05, 4.69) is 15.0 Å². The Kier molecular flexibility index (Phi) is 8.62. The second kappa shape index (κ2) is 9.88. The van der Waals surface area contributed by atoms with E-state index in [0.717, 1.165) is 0 Å². The molecule has 0 saturated carbocycles. The predicted octanol–water partition coefficient (Wildman–Crippen LogP) is 0.222. The van der Waals surface area contributed by atoms with Crippen LogP contribution in [0.4, 0.5) is 17.8 Å². The van der Waals surface area contributed by atoms with Crippen LogP contribution in [-0.4, -0.2) is 19.8 Å². The van der Waals surface area contributed by atoms with Gasteiger partial charge in [-0.15, -0.1) is 0 Å². The quantitative estimate of drug-likeness (QED) is 0.495. The molecule has 0 saturated heterocycles. The van der Waals surface area contributed by atoms with Crippen molar-refractivity contribution in [3.8, 4) is 0 Å². The van der Waals surface area contributed by atoms with Gasteiger partial charge in [-0.3, -0.25) is 0 Å². The second-order valence-electron chi connectivity index (χ2n) is 2.66. The van der Waals surface area contributed by atoms with Gasteiger partial charge in [0.25, 0.3) is 0 Å². The summed E-state index contributed by atoms with van der Waals surface area (Å²) in [7, 11) is -1.17. The summed E-state index contributed by atoms with van der Waals surface area (Å²) in [6, 6.07) is 12.0. The number of hydrogen-bond donors (Lipinski definition) is 4. The fourth-order valence-electron chi connectivity index (χ4n) is 0.812. The van der Waals surface area contributed by atoms with E-state index < -0.39 is 8.69 Å². The molecule has 0 spiro atoms. The van der Waals surface area contributed by atoms with Crippen molar-refractivity contribution < 1.29 is 9.46 Å². The molecule has 1 aromatic heterocycles. The van der Waals surface area contributed by atoms with Gasteiger partial charge in [0, 0.05) is 0 Å². The summed E-state index contributed by atoms with van der Waals surface area (Å²) < 4.78 is 8.51. The molecular formula is C9H14N6O2P+. The first-order chi connectivity index (χ1) is 8.60. The molecular weight excluding hydrogens is 255 g/mol. The molecule has 0 bridgehead atoms. The number of hydrogen-bond acceptors (Lipinski definition) is 7. The monoisotopic (exact) mass is 269 g/mol. The van der Waals surface area contributed by atoms with Crippen molar-refractivity contribution in [3.05, 3.63) is 36.4 Å². The van der Waals surface area contributed by atoms with Gasteiger partial charge in [0.2, 0.25) is 17.8 Å². The molecule has 1 unspecified atom stereocenters. The third-order valence-corrected chi connectivity index (χ3v) is 1.35. The summed E-state index contributed by atoms with van der Waals surface area (Å²) in [5.41, 5.74) is 15.4. The molecule has 1 atom stereocenters. The first kappa shape index (κ1) is 15.7. The maximum absolute atomic E-state index is 8.51. The van der Waals surface area contributed by atoms with Crippen molar-refractivity contribution in [2.75, 3.05) is 17.2 Å². The summed E-state index contributed by atoms with van der Waals surface area (Å²) in [6.07, 6.45) is 0. The molecule has 2 aromatic rings. The predicted molar refractivity (Wildman–Crippen MR) is 70.7 cm³/mol. The molecule has 0 aliphatic carbocycles. The van der Waals surface area contributed by atoms with Gasteiger partial charge in [-0.05, 0) is 4.57 Å². The van der Waals surface area contributed by atoms with Crippen LogP contribution in [0.25, 0.3) is 0 Å². The van der Waals surface area contributed by atoms with Crippen LogP contribution in [0.2, 0.25) is 0 Å². The Morgan fingerprint density at radius 2 is 0.944 bits per heavy atom. The van der Waals surface area contributed by atoms with E-state index in [1.807, 2.05) is 36.4 Å². The van der Waals surface area contributed by atoms with Gasteiger partial charge >= 0.3 is 8.69 Å². The number of nitrogens with zero attached hydrogens (tertiary/aromatic N) is 3. The van der Waals surface area contributed by atoms with E-state index in [-0.39, 0.29) is 17.8 Å². The number of aromatic nitrogens is 3. The number of nitrogen functional groups attached to an aromatic ring is 3. The Morgan fingerprint density at radius 1 is 0.778 bits per heavy atom. The van der Waals surface area contributed by atoms with Crippen LogP contribution in [0.1, 0.15) is 0 Å². The van der Waals surface area contributed by atoms with Crippen molar-refractivity contribution in [3.63, 3.8) is 0 Å². The lowest BCUT2D eigenvalue weighted by atomic mass is 10.4. The van der Waals surface area contributed by atoms with Gasteiger partial charge < -0.3 is 17.2 Å². The van der Waals surface area contributed by atoms with Crippen LogP contribution in [0.5, 0.6) is 0 Å². The largest absolute Gasteiger partial charge is 0.491 e. The Balaban J connectivity index is 0.000000278. The lowest BCUT2D eigenvalue weighted by Gasteiger charge is -1.93. The Morgan fingerprint density at radius 3 is 1.11 bits per heavy atom. The average Bonchev–Trinajstić information content (AvgIpc) is 2.31. The topological polar surface area (TPSA) is 154 Å². The first-order valence-electron chi connectivity index (χ1n) is 4.64. The van der Waals surface area contributed by atoms with Gasteiger partial charge in [-0.1, -0.05) is 36.4 Å². The van der Waals surface area contributed by atoms with Crippen molar-refractivity contribution in [1.82, 2.24) is 15.0 Å². The zero-order valence-corrected chi connectivity index (χ0v) is 10.4. The molecule has 0 aliphatic heterocycles. The number of nitrogens with two attached hydrogens (primary N) is 3. The highest BCUT2D eigenvalue weighted by Gasteiger charge is 1.93. The standard InChI is InChI=1S/C6H6.C3H6N6.HO2P/c1-2-4-6-5-3-1;4-1-7-2(5)9-3(6)8-1;1-3-2/h1-6H;(H6,4,5,6,7,8,9);3H/p+1. The van der Waals surface area contributed by atoms with Crippen molar-refractivity contribution in [2.45, 2.75) is 0 Å². The molecule has 1 heterocycles. The van der Waals surface area contributed by atoms with Gasteiger partial charge in [-0.2, -0.15) is 19.8 Å². The van der Waals surface area contributed by atoms with Gasteiger partial charge in [0.1, 0.15) is 0 Å². The third-order valence-electron chi connectivity index (χ3n) is 1.35. The smallest absolute Gasteiger partial charge is 0.368 e. The Bertz CT molecular complexity index is 379. The van der Waals surface area contributed by atoms with E-state index in [4.69, 9.17) is 26.7 Å². The van der Waals surface area contributed by atoms with E-state index in [0.29, 0.717) is 0 Å². The Labute approximate surface area is 105 Å². The second-order valence-corrected chi connectivity index (χ2v) is 2.84. The number of anilines is 3. The molecule has 96 valence electrons. The van der Waals surface area contributed by atoms with E-state index in [1.165, 1.54) is 0 Å². The Hall–Kier alpha value is -2.31. The van der Waals surface area contributed by atoms with Crippen LogP contribution in [0.15, 0.2) is 36.4 Å². The molecule has 0 amide bonds.